The number of nitriles is 1. The summed E-state index contributed by atoms with van der Waals surface area (Å²) in [6, 6.07) is -0.207. The molecule has 0 aromatic heterocycles. The Morgan fingerprint density at radius 1 is 1.21 bits per heavy atom. The van der Waals surface area contributed by atoms with Gasteiger partial charge in [0.2, 0.25) is 23.6 Å². The van der Waals surface area contributed by atoms with Crippen molar-refractivity contribution in [2.24, 2.45) is 17.3 Å². The molecule has 9 nitrogen and oxygen atoms in total. The summed E-state index contributed by atoms with van der Waals surface area (Å²) >= 11 is 0. The number of hydrogen-bond donors (Lipinski definition) is 3. The molecule has 33 heavy (non-hydrogen) atoms. The van der Waals surface area contributed by atoms with Crippen LogP contribution in [0, 0.1) is 28.6 Å². The SMILES string of the molecule is CC(=O)N[C@H](C(=O)N(C)[C@@H](CC1CC1)C(=O)N[C@H](C#N)C[C@@H]1CC2(CC2)NC1=O)C(C)(C)C. The monoisotopic (exact) mass is 459 g/mol. The minimum absolute atomic E-state index is 0.0489. The Kier molecular flexibility index (Phi) is 7.06. The molecule has 2 aliphatic carbocycles. The Labute approximate surface area is 196 Å². The fourth-order valence-corrected chi connectivity index (χ4v) is 4.67. The van der Waals surface area contributed by atoms with Gasteiger partial charge in [0, 0.05) is 25.4 Å². The number of nitrogens with one attached hydrogen (secondary N) is 3. The highest BCUT2D eigenvalue weighted by molar-refractivity contribution is 5.92. The van der Waals surface area contributed by atoms with E-state index in [2.05, 4.69) is 22.0 Å². The van der Waals surface area contributed by atoms with Crippen LogP contribution in [0.1, 0.15) is 72.6 Å². The summed E-state index contributed by atoms with van der Waals surface area (Å²) in [7, 11) is 1.58. The van der Waals surface area contributed by atoms with Crippen LogP contribution >= 0.6 is 0 Å². The highest BCUT2D eigenvalue weighted by Gasteiger charge is 2.52. The maximum atomic E-state index is 13.3. The smallest absolute Gasteiger partial charge is 0.246 e. The fourth-order valence-electron chi connectivity index (χ4n) is 4.67. The van der Waals surface area contributed by atoms with Crippen LogP contribution in [0.3, 0.4) is 0 Å². The molecule has 3 rings (SSSR count). The molecule has 3 N–H and O–H groups in total. The molecule has 4 atom stereocenters. The van der Waals surface area contributed by atoms with Gasteiger partial charge in [0.15, 0.2) is 0 Å². The molecule has 3 fully saturated rings. The molecule has 3 aliphatic rings. The molecular weight excluding hydrogens is 422 g/mol. The van der Waals surface area contributed by atoms with Crippen LogP contribution < -0.4 is 16.0 Å². The van der Waals surface area contributed by atoms with Crippen LogP contribution in [-0.2, 0) is 19.2 Å². The Morgan fingerprint density at radius 3 is 2.30 bits per heavy atom. The predicted octanol–water partition coefficient (Wildman–Crippen LogP) is 1.23. The standard InChI is InChI=1S/C24H37N5O4/c1-14(30)26-19(23(2,3)4)22(33)29(5)18(10-15-6-7-15)21(32)27-17(13-25)11-16-12-24(8-9-24)28-20(16)31/h15-19H,6-12H2,1-5H3,(H,26,30)(H,27,32)(H,28,31)/t16-,17+,18+,19-/m1/s1. The van der Waals surface area contributed by atoms with Crippen molar-refractivity contribution in [3.05, 3.63) is 0 Å². The Balaban J connectivity index is 1.69. The molecule has 1 heterocycles. The highest BCUT2D eigenvalue weighted by Crippen LogP contribution is 2.46. The molecule has 0 aromatic rings. The fraction of sp³-hybridized carbons (Fsp3) is 0.792. The number of carbonyl (C=O) groups excluding carboxylic acids is 4. The molecule has 0 bridgehead atoms. The quantitative estimate of drug-likeness (QED) is 0.477. The van der Waals surface area contributed by atoms with Gasteiger partial charge in [-0.3, -0.25) is 19.2 Å². The summed E-state index contributed by atoms with van der Waals surface area (Å²) < 4.78 is 0. The maximum Gasteiger partial charge on any atom is 0.246 e. The van der Waals surface area contributed by atoms with E-state index in [1.807, 2.05) is 20.8 Å². The summed E-state index contributed by atoms with van der Waals surface area (Å²) in [6.45, 7) is 6.95. The van der Waals surface area contributed by atoms with Crippen LogP contribution in [0.4, 0.5) is 0 Å². The zero-order valence-corrected chi connectivity index (χ0v) is 20.4. The minimum Gasteiger partial charge on any atom is -0.350 e. The van der Waals surface area contributed by atoms with Crippen molar-refractivity contribution in [1.82, 2.24) is 20.9 Å². The van der Waals surface area contributed by atoms with E-state index < -0.39 is 23.5 Å². The number of rotatable bonds is 9. The molecule has 9 heteroatoms. The topological polar surface area (TPSA) is 131 Å². The van der Waals surface area contributed by atoms with Gasteiger partial charge >= 0.3 is 0 Å². The molecule has 2 saturated carbocycles. The van der Waals surface area contributed by atoms with Gasteiger partial charge < -0.3 is 20.9 Å². The summed E-state index contributed by atoms with van der Waals surface area (Å²) in [6.07, 6.45) is 5.43. The minimum atomic E-state index is -0.805. The number of amides is 4. The first-order valence-corrected chi connectivity index (χ1v) is 11.9. The molecular formula is C24H37N5O4. The van der Waals surface area contributed by atoms with Gasteiger partial charge in [0.25, 0.3) is 0 Å². The largest absolute Gasteiger partial charge is 0.350 e. The van der Waals surface area contributed by atoms with Crippen LogP contribution in [0.15, 0.2) is 0 Å². The lowest BCUT2D eigenvalue weighted by Crippen LogP contribution is -2.58. The summed E-state index contributed by atoms with van der Waals surface area (Å²) in [5, 5.41) is 18.2. The number of hydrogen-bond acceptors (Lipinski definition) is 5. The molecule has 0 aromatic carbocycles. The van der Waals surface area contributed by atoms with E-state index in [0.29, 0.717) is 18.8 Å². The highest BCUT2D eigenvalue weighted by atomic mass is 16.2. The first kappa shape index (κ1) is 25.0. The van der Waals surface area contributed by atoms with Crippen LogP contribution in [0.2, 0.25) is 0 Å². The second kappa shape index (κ2) is 9.32. The van der Waals surface area contributed by atoms with E-state index in [1.165, 1.54) is 11.8 Å². The lowest BCUT2D eigenvalue weighted by atomic mass is 9.85. The average molecular weight is 460 g/mol. The van der Waals surface area contributed by atoms with Gasteiger partial charge in [-0.25, -0.2) is 0 Å². The van der Waals surface area contributed by atoms with Crippen LogP contribution in [0.5, 0.6) is 0 Å². The third-order valence-electron chi connectivity index (χ3n) is 7.07. The van der Waals surface area contributed by atoms with Crippen molar-refractivity contribution in [2.45, 2.75) is 96.3 Å². The van der Waals surface area contributed by atoms with E-state index in [9.17, 15) is 24.4 Å². The maximum absolute atomic E-state index is 13.3. The van der Waals surface area contributed by atoms with E-state index in [-0.39, 0.29) is 41.5 Å². The van der Waals surface area contributed by atoms with Gasteiger partial charge in [0.05, 0.1) is 6.07 Å². The van der Waals surface area contributed by atoms with Crippen molar-refractivity contribution < 1.29 is 19.2 Å². The molecule has 0 unspecified atom stereocenters. The average Bonchev–Trinajstić information content (AvgIpc) is 3.63. The summed E-state index contributed by atoms with van der Waals surface area (Å²) in [5.41, 5.74) is -0.625. The molecule has 0 radical (unpaired) electrons. The first-order chi connectivity index (χ1) is 15.3. The normalized spacial score (nSPS) is 23.6. The van der Waals surface area contributed by atoms with Crippen molar-refractivity contribution in [1.29, 1.82) is 5.26 Å². The first-order valence-electron chi connectivity index (χ1n) is 11.9. The van der Waals surface area contributed by atoms with Gasteiger partial charge in [-0.1, -0.05) is 33.6 Å². The van der Waals surface area contributed by atoms with Gasteiger partial charge in [0.1, 0.15) is 18.1 Å². The van der Waals surface area contributed by atoms with Gasteiger partial charge in [-0.15, -0.1) is 0 Å². The second-order valence-electron chi connectivity index (χ2n) is 11.2. The van der Waals surface area contributed by atoms with Crippen molar-refractivity contribution in [2.75, 3.05) is 7.05 Å². The lowest BCUT2D eigenvalue weighted by Gasteiger charge is -2.36. The Morgan fingerprint density at radius 2 is 1.85 bits per heavy atom. The Bertz CT molecular complexity index is 850. The summed E-state index contributed by atoms with van der Waals surface area (Å²) in [5.74, 6) is -1.01. The van der Waals surface area contributed by atoms with E-state index in [0.717, 1.165) is 25.7 Å². The van der Waals surface area contributed by atoms with Crippen molar-refractivity contribution in [3.8, 4) is 6.07 Å². The molecule has 1 saturated heterocycles. The molecule has 1 spiro atoms. The van der Waals surface area contributed by atoms with Crippen LogP contribution in [-0.4, -0.2) is 59.2 Å². The third kappa shape index (κ3) is 6.24. The van der Waals surface area contributed by atoms with Crippen LogP contribution in [0.25, 0.3) is 0 Å². The van der Waals surface area contributed by atoms with Gasteiger partial charge in [-0.05, 0) is 43.4 Å². The lowest BCUT2D eigenvalue weighted by molar-refractivity contribution is -0.144. The van der Waals surface area contributed by atoms with Gasteiger partial charge in [-0.2, -0.15) is 5.26 Å². The number of likely N-dealkylation sites (N-methyl/N-ethyl adjacent to an activating group) is 1. The number of nitrogens with zero attached hydrogens (tertiary/aromatic N) is 2. The van der Waals surface area contributed by atoms with E-state index in [1.54, 1.807) is 7.05 Å². The van der Waals surface area contributed by atoms with E-state index in [4.69, 9.17) is 0 Å². The molecule has 4 amide bonds. The Hall–Kier alpha value is -2.63. The van der Waals surface area contributed by atoms with Crippen molar-refractivity contribution >= 4 is 23.6 Å². The third-order valence-corrected chi connectivity index (χ3v) is 7.07. The predicted molar refractivity (Wildman–Crippen MR) is 121 cm³/mol. The zero-order valence-electron chi connectivity index (χ0n) is 20.4. The second-order valence-corrected chi connectivity index (χ2v) is 11.2. The summed E-state index contributed by atoms with van der Waals surface area (Å²) in [4.78, 5) is 52.0. The molecule has 182 valence electrons. The number of carbonyl (C=O) groups is 4. The molecule has 1 aliphatic heterocycles. The van der Waals surface area contributed by atoms with E-state index >= 15 is 0 Å². The van der Waals surface area contributed by atoms with Crippen molar-refractivity contribution in [3.63, 3.8) is 0 Å². The zero-order chi connectivity index (χ0) is 24.6.